The summed E-state index contributed by atoms with van der Waals surface area (Å²) in [4.78, 5) is 157. The molecule has 0 unspecified atom stereocenters. The second kappa shape index (κ2) is 48.9. The van der Waals surface area contributed by atoms with Gasteiger partial charge in [0.15, 0.2) is 0 Å². The number of ether oxygens (including phenoxy) is 10. The van der Waals surface area contributed by atoms with Gasteiger partial charge in [0.05, 0.1) is 111 Å². The van der Waals surface area contributed by atoms with Gasteiger partial charge in [0.1, 0.15) is 94.7 Å². The number of hydrogen-bond donors (Lipinski definition) is 2. The number of rotatable bonds is 9. The van der Waals surface area contributed by atoms with Crippen molar-refractivity contribution in [2.45, 2.75) is 367 Å². The van der Waals surface area contributed by atoms with E-state index in [0.29, 0.717) is 114 Å². The van der Waals surface area contributed by atoms with Gasteiger partial charge in [-0.15, -0.1) is 0 Å². The number of carboxylic acid groups (broad SMARTS) is 2. The minimum atomic E-state index is -1.10. The minimum absolute atomic E-state index is 0. The molecule has 3 aromatic carbocycles. The molecule has 30 nitrogen and oxygen atoms in total. The van der Waals surface area contributed by atoms with Gasteiger partial charge in [-0.2, -0.15) is 0 Å². The third-order valence-corrected chi connectivity index (χ3v) is 30.6. The molecule has 4 aliphatic carbocycles. The average Bonchev–Trinajstić information content (AvgIpc) is 1.60. The molecule has 16 rings (SSSR count). The summed E-state index contributed by atoms with van der Waals surface area (Å²) in [6.45, 7) is 28.9. The van der Waals surface area contributed by atoms with Crippen LogP contribution in [-0.4, -0.2) is 210 Å². The van der Waals surface area contributed by atoms with E-state index in [9.17, 15) is 53.4 Å². The van der Waals surface area contributed by atoms with Gasteiger partial charge < -0.3 is 72.3 Å². The fourth-order valence-electron chi connectivity index (χ4n) is 22.7. The van der Waals surface area contributed by atoms with E-state index >= 15 is 0 Å². The van der Waals surface area contributed by atoms with Gasteiger partial charge in [-0.3, -0.25) is 28.8 Å². The van der Waals surface area contributed by atoms with E-state index in [-0.39, 0.29) is 128 Å². The summed E-state index contributed by atoms with van der Waals surface area (Å²) in [6, 6.07) is 13.6. The molecule has 20 atom stereocenters. The molecule has 2 saturated carbocycles. The number of hydrogen-bond acceptors (Lipinski definition) is 25. The van der Waals surface area contributed by atoms with Crippen LogP contribution in [0.4, 0.5) is 0 Å². The Morgan fingerprint density at radius 2 is 0.762 bits per heavy atom. The number of carboxylic acids is 2. The van der Waals surface area contributed by atoms with E-state index < -0.39 is 118 Å². The van der Waals surface area contributed by atoms with Crippen molar-refractivity contribution in [3.8, 4) is 34.9 Å². The van der Waals surface area contributed by atoms with Crippen LogP contribution in [-0.2, 0) is 81.4 Å². The number of carbonyl (C=O) groups excluding carboxylic acids is 7. The van der Waals surface area contributed by atoms with Crippen molar-refractivity contribution in [2.75, 3.05) is 41.0 Å². The number of benzene rings is 3. The molecule has 10 aliphatic rings. The number of fused-ring (bicyclic) bond motifs is 17. The maximum Gasteiger partial charge on any atom is 0.329 e. The van der Waals surface area contributed by atoms with E-state index in [0.717, 1.165) is 136 Å². The van der Waals surface area contributed by atoms with Gasteiger partial charge in [-0.1, -0.05) is 176 Å². The van der Waals surface area contributed by atoms with Gasteiger partial charge in [0, 0.05) is 48.3 Å². The highest BCUT2D eigenvalue weighted by molar-refractivity contribution is 5.92. The zero-order valence-corrected chi connectivity index (χ0v) is 84.9. The fourth-order valence-corrected chi connectivity index (χ4v) is 22.7. The Kier molecular flexibility index (Phi) is 39.0. The second-order valence-electron chi connectivity index (χ2n) is 44.4. The first-order valence-corrected chi connectivity index (χ1v) is 51.2. The van der Waals surface area contributed by atoms with Crippen molar-refractivity contribution in [1.82, 2.24) is 44.6 Å². The van der Waals surface area contributed by atoms with Crippen molar-refractivity contribution in [2.24, 2.45) is 81.3 Å². The summed E-state index contributed by atoms with van der Waals surface area (Å²) in [6.07, 6.45) is 26.2. The summed E-state index contributed by atoms with van der Waals surface area (Å²) in [5, 5.41) is 20.8. The van der Waals surface area contributed by atoms with E-state index in [2.05, 4.69) is 24.3 Å². The number of esters is 4. The number of carbonyl (C=O) groups is 9. The smallest absolute Gasteiger partial charge is 0.329 e. The summed E-state index contributed by atoms with van der Waals surface area (Å²) in [7, 11) is 4.81. The van der Waals surface area contributed by atoms with Gasteiger partial charge in [-0.05, 0) is 206 Å². The van der Waals surface area contributed by atoms with Crippen molar-refractivity contribution in [1.29, 1.82) is 0 Å². The molecule has 30 heteroatoms. The predicted molar refractivity (Wildman–Crippen MR) is 550 cm³/mol. The quantitative estimate of drug-likeness (QED) is 0.0771. The van der Waals surface area contributed by atoms with Crippen LogP contribution in [0.3, 0.4) is 0 Å². The van der Waals surface area contributed by atoms with Crippen molar-refractivity contribution in [3.63, 3.8) is 0 Å². The van der Waals surface area contributed by atoms with Crippen molar-refractivity contribution >= 4 is 86.6 Å². The lowest BCUT2D eigenvalue weighted by molar-refractivity contribution is -0.167. The largest absolute Gasteiger partial charge is 0.497 e. The molecular formula is C113H165N9O21. The van der Waals surface area contributed by atoms with Gasteiger partial charge >= 0.3 is 35.8 Å². The molecule has 6 aromatic rings. The highest BCUT2D eigenvalue weighted by Crippen LogP contribution is 2.58. The van der Waals surface area contributed by atoms with E-state index in [1.807, 2.05) is 146 Å². The van der Waals surface area contributed by atoms with Crippen LogP contribution in [0.15, 0.2) is 78.9 Å². The topological polar surface area (TPSA) is 373 Å². The molecule has 3 amide bonds. The Balaban J connectivity index is 0.000000218. The average molecular weight is 1990 g/mol. The summed E-state index contributed by atoms with van der Waals surface area (Å²) in [5.74, 6) is -3.22. The van der Waals surface area contributed by atoms with E-state index in [4.69, 9.17) is 77.3 Å². The first-order valence-electron chi connectivity index (χ1n) is 51.2. The molecule has 3 aromatic heterocycles. The van der Waals surface area contributed by atoms with Gasteiger partial charge in [0.25, 0.3) is 0 Å². The van der Waals surface area contributed by atoms with E-state index in [1.54, 1.807) is 38.4 Å². The minimum Gasteiger partial charge on any atom is -0.497 e. The van der Waals surface area contributed by atoms with Crippen LogP contribution >= 0.6 is 0 Å². The second-order valence-corrected chi connectivity index (χ2v) is 44.4. The van der Waals surface area contributed by atoms with Crippen LogP contribution in [0.25, 0.3) is 33.1 Å². The lowest BCUT2D eigenvalue weighted by atomic mass is 9.77. The summed E-state index contributed by atoms with van der Waals surface area (Å²) < 4.78 is 60.5. The molecule has 0 spiro atoms. The number of aryl methyl sites for hydroxylation is 3. The summed E-state index contributed by atoms with van der Waals surface area (Å²) in [5.41, 5.74) is 3.78. The molecule has 5 fully saturated rings. The number of methoxy groups -OCH3 is 3. The van der Waals surface area contributed by atoms with Crippen molar-refractivity contribution in [3.05, 3.63) is 96.0 Å². The molecule has 9 heterocycles. The number of nitrogens with zero attached hydrogens (tertiary/aromatic N) is 9. The molecule has 3 saturated heterocycles. The highest BCUT2D eigenvalue weighted by atomic mass is 16.6. The maximum absolute atomic E-state index is 14.7. The number of aromatic nitrogens is 6. The van der Waals surface area contributed by atoms with Crippen molar-refractivity contribution < 1.29 is 101 Å². The maximum atomic E-state index is 14.7. The zero-order chi connectivity index (χ0) is 99.9. The number of aliphatic carboxylic acids is 2. The van der Waals surface area contributed by atoms with Gasteiger partial charge in [0.2, 0.25) is 35.4 Å². The number of amides is 3. The monoisotopic (exact) mass is 1980 g/mol. The molecule has 6 bridgehead atoms. The summed E-state index contributed by atoms with van der Waals surface area (Å²) >= 11 is 0. The highest BCUT2D eigenvalue weighted by Gasteiger charge is 2.58. The molecular weight excluding hydrogens is 1820 g/mol. The lowest BCUT2D eigenvalue weighted by Gasteiger charge is -2.36. The Bertz CT molecular complexity index is 5410. The molecule has 0 radical (unpaired) electrons. The SMILES string of the molecule is C.C.C.C.CC[C@@H]1[C@@H]2CN(C(=O)[C@H](C(C)(C)C)CC(=O)O[C@@H]3CC=CC[C@H]3CCCCCc3nc4ccc(OC)cc4nc3O2)[C@@H]1C(=O)O.CC[C@@H]1[C@@H]2CN(C(=O)[C@H](C(C)(C)C)CC(=O)O[C@@H]3CCC=C[C@H]3CCCCCc3nc4ccc(OC)cc4nc3O2)[C@@H]1C(=O)O.CC[C@@H]1[C@@H]2CN(C(=O)[C@H](C(C)(C)C)CC(=O)O[C@@H]3C[C@@H]4C[C@@H]4[C@H]3CCCCCc3nc4ccc(OC)cc4nc3O2)[C@@H]1C(=O)OC(C)(C)C. The predicted octanol–water partition coefficient (Wildman–Crippen LogP) is 20.8. The normalized spacial score (nSPS) is 28.5. The Hall–Kier alpha value is -10.8. The van der Waals surface area contributed by atoms with Gasteiger partial charge in [-0.25, -0.2) is 44.3 Å². The molecule has 143 heavy (non-hydrogen) atoms. The first kappa shape index (κ1) is 114. The third kappa shape index (κ3) is 27.3. The first-order chi connectivity index (χ1) is 66.1. The van der Waals surface area contributed by atoms with Crippen LogP contribution in [0.1, 0.15) is 305 Å². The van der Waals surface area contributed by atoms with E-state index in [1.165, 1.54) is 16.2 Å². The standard InChI is InChI=1S/C39H55N3O7.2C35H47N3O7.4CH4/c1-9-24-32-21-42(34(24)37(45)49-39(5,6)7)36(44)27(38(2,3)4)20-33(43)47-31-18-22-17-26(22)25(31)13-11-10-12-14-29-35(48-32)41-30-19-23(46-8)15-16-28(30)40-29;2*1-6-23-29-20-38(31(23)34(41)42)33(40)24(35(2,3)4)19-30(39)44-28-15-11-10-13-21(28)12-8-7-9-14-26-32(45-29)37-27-18-22(43-5)16-17-25(27)36-26;;;;/h15-16,19,22,24-27,31-32,34H,9-14,17-18,20-21H2,1-8H3;10,13,16-18,21,23-24,28-29,31H,6-9,11-12,14-15,19-20H2,1-5H3,(H,41,42);10-11,16-18,21,23-24,28-29,31H,6-9,12-15,19-20H2,1-5H3,(H,41,42);4*1H4/t22-,24+,25+,26-,27+,31+,32-,34-;2*21-,23-,24-,28-,29+,31+;;;;/m011..../s1. The molecule has 2 N–H and O–H groups in total. The molecule has 6 aliphatic heterocycles. The fraction of sp³-hybridized carbons (Fsp3) is 0.673. The third-order valence-electron chi connectivity index (χ3n) is 30.6. The Morgan fingerprint density at radius 3 is 1.15 bits per heavy atom. The van der Waals surface area contributed by atoms with Crippen LogP contribution < -0.4 is 28.4 Å². The Labute approximate surface area is 847 Å². The Morgan fingerprint density at radius 1 is 0.392 bits per heavy atom. The lowest BCUT2D eigenvalue weighted by Crippen LogP contribution is -2.50. The van der Waals surface area contributed by atoms with Crippen LogP contribution in [0.5, 0.6) is 34.9 Å². The zero-order valence-electron chi connectivity index (χ0n) is 84.9. The van der Waals surface area contributed by atoms with Crippen LogP contribution in [0, 0.1) is 81.3 Å². The number of allylic oxidation sites excluding steroid dienone is 2. The molecule has 788 valence electrons. The van der Waals surface area contributed by atoms with Crippen LogP contribution in [0.2, 0.25) is 0 Å².